The fourth-order valence-corrected chi connectivity index (χ4v) is 2.54. The van der Waals surface area contributed by atoms with Gasteiger partial charge in [0.25, 0.3) is 0 Å². The van der Waals surface area contributed by atoms with Crippen LogP contribution in [0.25, 0.3) is 0 Å². The Morgan fingerprint density at radius 2 is 1.61 bits per heavy atom. The molecule has 0 spiro atoms. The largest absolute Gasteiger partial charge is 0.377 e. The summed E-state index contributed by atoms with van der Waals surface area (Å²) in [6, 6.07) is 0. The molecule has 8 heteroatoms. The summed E-state index contributed by atoms with van der Waals surface area (Å²) in [5, 5.41) is 2.69. The van der Waals surface area contributed by atoms with Crippen LogP contribution in [0.15, 0.2) is 0 Å². The summed E-state index contributed by atoms with van der Waals surface area (Å²) in [6.07, 6.45) is 4.60. The van der Waals surface area contributed by atoms with Gasteiger partial charge in [0.2, 0.25) is 11.8 Å². The summed E-state index contributed by atoms with van der Waals surface area (Å²) < 4.78 is 10.5. The molecule has 1 unspecified atom stereocenters. The molecule has 0 saturated heterocycles. The monoisotopic (exact) mass is 400 g/mol. The van der Waals surface area contributed by atoms with Crippen LogP contribution in [0.5, 0.6) is 0 Å². The molecular weight excluding hydrogens is 364 g/mol. The number of carbonyl (C=O) groups is 4. The maximum atomic E-state index is 12.0. The number of carbonyl (C=O) groups excluding carboxylic acids is 4. The fourth-order valence-electron chi connectivity index (χ4n) is 2.54. The van der Waals surface area contributed by atoms with Crippen LogP contribution in [0.2, 0.25) is 0 Å². The van der Waals surface area contributed by atoms with Gasteiger partial charge in [-0.25, -0.2) is 0 Å². The highest BCUT2D eigenvalue weighted by atomic mass is 16.5. The number of nitrogens with two attached hydrogens (primary N) is 1. The molecule has 0 radical (unpaired) electrons. The molecule has 0 rings (SSSR count). The van der Waals surface area contributed by atoms with E-state index >= 15 is 0 Å². The Morgan fingerprint density at radius 3 is 2.25 bits per heavy atom. The van der Waals surface area contributed by atoms with Gasteiger partial charge >= 0.3 is 0 Å². The molecular formula is C20H36N2O6. The zero-order chi connectivity index (χ0) is 21.2. The number of hydrogen-bond donors (Lipinski definition) is 2. The molecule has 28 heavy (non-hydrogen) atoms. The molecule has 0 heterocycles. The van der Waals surface area contributed by atoms with Crippen molar-refractivity contribution >= 4 is 23.4 Å². The molecule has 3 N–H and O–H groups in total. The summed E-state index contributed by atoms with van der Waals surface area (Å²) in [6.45, 7) is 4.96. The van der Waals surface area contributed by atoms with Crippen LogP contribution >= 0.6 is 0 Å². The molecule has 1 atom stereocenters. The molecule has 0 aromatic carbocycles. The third kappa shape index (κ3) is 15.3. The lowest BCUT2D eigenvalue weighted by atomic mass is 9.94. The van der Waals surface area contributed by atoms with E-state index in [9.17, 15) is 19.2 Å². The third-order valence-electron chi connectivity index (χ3n) is 4.30. The first kappa shape index (κ1) is 26.2. The van der Waals surface area contributed by atoms with Crippen molar-refractivity contribution < 1.29 is 28.7 Å². The van der Waals surface area contributed by atoms with Crippen molar-refractivity contribution in [3.63, 3.8) is 0 Å². The zero-order valence-electron chi connectivity index (χ0n) is 17.3. The summed E-state index contributed by atoms with van der Waals surface area (Å²) in [7, 11) is 0. The Morgan fingerprint density at radius 1 is 0.893 bits per heavy atom. The van der Waals surface area contributed by atoms with Gasteiger partial charge < -0.3 is 20.5 Å². The summed E-state index contributed by atoms with van der Waals surface area (Å²) in [4.78, 5) is 45.7. The molecule has 0 aliphatic heterocycles. The molecule has 0 aromatic heterocycles. The highest BCUT2D eigenvalue weighted by Gasteiger charge is 2.19. The van der Waals surface area contributed by atoms with Gasteiger partial charge in [-0.1, -0.05) is 26.7 Å². The number of ether oxygens (including phenoxy) is 2. The van der Waals surface area contributed by atoms with Crippen LogP contribution in [0.4, 0.5) is 0 Å². The van der Waals surface area contributed by atoms with Crippen molar-refractivity contribution in [1.29, 1.82) is 0 Å². The Balaban J connectivity index is 3.77. The van der Waals surface area contributed by atoms with Gasteiger partial charge in [-0.05, 0) is 12.8 Å². The number of nitrogens with one attached hydrogen (secondary N) is 1. The second-order valence-electron chi connectivity index (χ2n) is 6.70. The van der Waals surface area contributed by atoms with Crippen molar-refractivity contribution in [2.24, 2.45) is 11.7 Å². The average Bonchev–Trinajstić information content (AvgIpc) is 2.67. The Kier molecular flexibility index (Phi) is 16.2. The van der Waals surface area contributed by atoms with Gasteiger partial charge in [0, 0.05) is 38.1 Å². The predicted molar refractivity (Wildman–Crippen MR) is 106 cm³/mol. The lowest BCUT2D eigenvalue weighted by Crippen LogP contribution is -2.27. The first-order valence-electron chi connectivity index (χ1n) is 10.2. The molecule has 0 aliphatic carbocycles. The minimum Gasteiger partial charge on any atom is -0.377 e. The van der Waals surface area contributed by atoms with Crippen LogP contribution in [0.3, 0.4) is 0 Å². The van der Waals surface area contributed by atoms with Crippen molar-refractivity contribution in [2.45, 2.75) is 65.2 Å². The topological polar surface area (TPSA) is 125 Å². The molecule has 0 aliphatic rings. The lowest BCUT2D eigenvalue weighted by molar-refractivity contribution is -0.130. The van der Waals surface area contributed by atoms with E-state index in [0.29, 0.717) is 45.4 Å². The predicted octanol–water partition coefficient (Wildman–Crippen LogP) is 1.54. The number of hydrogen-bond acceptors (Lipinski definition) is 6. The minimum absolute atomic E-state index is 0.0242. The first-order valence-corrected chi connectivity index (χ1v) is 10.2. The Labute approximate surface area is 167 Å². The van der Waals surface area contributed by atoms with E-state index in [1.165, 1.54) is 0 Å². The second kappa shape index (κ2) is 17.3. The molecule has 0 bridgehead atoms. The van der Waals surface area contributed by atoms with Gasteiger partial charge in [-0.2, -0.15) is 0 Å². The number of amides is 2. The number of rotatable bonds is 19. The Bertz CT molecular complexity index is 481. The van der Waals surface area contributed by atoms with E-state index in [0.717, 1.165) is 19.3 Å². The van der Waals surface area contributed by atoms with Crippen LogP contribution in [0, 0.1) is 5.92 Å². The second-order valence-corrected chi connectivity index (χ2v) is 6.70. The highest BCUT2D eigenvalue weighted by Crippen LogP contribution is 2.15. The molecule has 0 fully saturated rings. The van der Waals surface area contributed by atoms with E-state index in [4.69, 9.17) is 15.2 Å². The number of primary amides is 1. The van der Waals surface area contributed by atoms with Crippen LogP contribution in [0.1, 0.15) is 65.2 Å². The van der Waals surface area contributed by atoms with E-state index < -0.39 is 11.8 Å². The highest BCUT2D eigenvalue weighted by molar-refractivity contribution is 5.86. The molecule has 2 amide bonds. The number of unbranched alkanes of at least 4 members (excludes halogenated alkanes) is 2. The van der Waals surface area contributed by atoms with Crippen molar-refractivity contribution in [3.05, 3.63) is 0 Å². The first-order chi connectivity index (χ1) is 13.4. The van der Waals surface area contributed by atoms with Crippen LogP contribution < -0.4 is 11.1 Å². The van der Waals surface area contributed by atoms with E-state index in [-0.39, 0.29) is 37.1 Å². The normalized spacial score (nSPS) is 11.8. The fraction of sp³-hybridized carbons (Fsp3) is 0.800. The lowest BCUT2D eigenvalue weighted by Gasteiger charge is -2.12. The molecule has 0 saturated carbocycles. The van der Waals surface area contributed by atoms with Gasteiger partial charge in [-0.3, -0.25) is 19.2 Å². The molecule has 8 nitrogen and oxygen atoms in total. The van der Waals surface area contributed by atoms with Crippen molar-refractivity contribution in [3.8, 4) is 0 Å². The zero-order valence-corrected chi connectivity index (χ0v) is 17.3. The van der Waals surface area contributed by atoms with Gasteiger partial charge in [0.15, 0.2) is 5.78 Å². The number of Topliss-reactive ketones (excluding diaryl/α,β-unsaturated/α-hetero) is 2. The molecule has 162 valence electrons. The van der Waals surface area contributed by atoms with Crippen molar-refractivity contribution in [1.82, 2.24) is 5.32 Å². The van der Waals surface area contributed by atoms with E-state index in [1.54, 1.807) is 6.92 Å². The van der Waals surface area contributed by atoms with Crippen LogP contribution in [-0.2, 0) is 28.7 Å². The van der Waals surface area contributed by atoms with Crippen LogP contribution in [-0.4, -0.2) is 56.4 Å². The minimum atomic E-state index is -0.489. The maximum absolute atomic E-state index is 12.0. The summed E-state index contributed by atoms with van der Waals surface area (Å²) >= 11 is 0. The van der Waals surface area contributed by atoms with Gasteiger partial charge in [-0.15, -0.1) is 0 Å². The van der Waals surface area contributed by atoms with Gasteiger partial charge in [0.1, 0.15) is 12.4 Å². The summed E-state index contributed by atoms with van der Waals surface area (Å²) in [5.74, 6) is -0.913. The quantitative estimate of drug-likeness (QED) is 0.317. The van der Waals surface area contributed by atoms with E-state index in [2.05, 4.69) is 5.32 Å². The summed E-state index contributed by atoms with van der Waals surface area (Å²) in [5.41, 5.74) is 5.39. The third-order valence-corrected chi connectivity index (χ3v) is 4.30. The average molecular weight is 401 g/mol. The Hall–Kier alpha value is -1.80. The molecule has 0 aromatic rings. The standard InChI is InChI=1S/C20H36N2O6/c1-3-17(23)9-7-5-6-8-16(20(21)26)14-18(24)15-28-13-12-27-11-10-22-19(25)4-2/h16H,3-15H2,1-2H3,(H2,21,26)(H,22,25). The van der Waals surface area contributed by atoms with Gasteiger partial charge in [0.05, 0.1) is 19.8 Å². The maximum Gasteiger partial charge on any atom is 0.220 e. The SMILES string of the molecule is CCC(=O)CCCCCC(CC(=O)COCCOCCNC(=O)CC)C(N)=O. The smallest absolute Gasteiger partial charge is 0.220 e. The number of ketones is 2. The van der Waals surface area contributed by atoms with E-state index in [1.807, 2.05) is 6.92 Å². The van der Waals surface area contributed by atoms with Crippen molar-refractivity contribution in [2.75, 3.05) is 33.0 Å².